The number of halogens is 1. The second kappa shape index (κ2) is 5.66. The van der Waals surface area contributed by atoms with Gasteiger partial charge in [-0.1, -0.05) is 35.9 Å². The van der Waals surface area contributed by atoms with Gasteiger partial charge in [-0.05, 0) is 49.2 Å². The van der Waals surface area contributed by atoms with Gasteiger partial charge in [-0.3, -0.25) is 4.90 Å². The molecule has 0 saturated carbocycles. The Morgan fingerprint density at radius 2 is 1.87 bits per heavy atom. The molecule has 4 heteroatoms. The molecule has 0 N–H and O–H groups in total. The van der Waals surface area contributed by atoms with Gasteiger partial charge in [0.1, 0.15) is 5.82 Å². The molecule has 0 radical (unpaired) electrons. The number of aromatic nitrogens is 2. The van der Waals surface area contributed by atoms with E-state index in [0.717, 1.165) is 41.3 Å². The number of aryl methyl sites for hydroxylation is 1. The van der Waals surface area contributed by atoms with Crippen molar-refractivity contribution in [2.45, 2.75) is 25.4 Å². The molecule has 1 aromatic heterocycles. The number of hydrogen-bond acceptors (Lipinski definition) is 2. The molecular weight excluding hydrogens is 306 g/mol. The van der Waals surface area contributed by atoms with Crippen LogP contribution in [0.4, 0.5) is 0 Å². The topological polar surface area (TPSA) is 21.1 Å². The number of benzene rings is 2. The SMILES string of the molecule is CN(Cc1nc2cc(Cl)ccc2n1C)C1Cc2ccccc2C1. The Kier molecular flexibility index (Phi) is 3.63. The molecule has 1 aliphatic rings. The molecule has 23 heavy (non-hydrogen) atoms. The molecule has 0 spiro atoms. The van der Waals surface area contributed by atoms with Crippen LogP contribution in [0.3, 0.4) is 0 Å². The summed E-state index contributed by atoms with van der Waals surface area (Å²) >= 11 is 6.08. The summed E-state index contributed by atoms with van der Waals surface area (Å²) in [6, 6.07) is 15.2. The molecule has 1 heterocycles. The molecule has 0 aliphatic heterocycles. The van der Waals surface area contributed by atoms with E-state index in [2.05, 4.69) is 47.8 Å². The standard InChI is InChI=1S/C19H20ClN3/c1-22(16-9-13-5-3-4-6-14(13)10-16)12-19-21-17-11-15(20)7-8-18(17)23(19)2/h3-8,11,16H,9-10,12H2,1-2H3. The third-order valence-electron chi connectivity index (χ3n) is 4.98. The molecule has 0 unspecified atom stereocenters. The van der Waals surface area contributed by atoms with Gasteiger partial charge < -0.3 is 4.57 Å². The van der Waals surface area contributed by atoms with E-state index in [1.807, 2.05) is 18.2 Å². The fourth-order valence-electron chi connectivity index (χ4n) is 3.56. The lowest BCUT2D eigenvalue weighted by molar-refractivity contribution is 0.233. The smallest absolute Gasteiger partial charge is 0.123 e. The summed E-state index contributed by atoms with van der Waals surface area (Å²) < 4.78 is 2.17. The fourth-order valence-corrected chi connectivity index (χ4v) is 3.73. The Labute approximate surface area is 141 Å². The maximum atomic E-state index is 6.08. The third kappa shape index (κ3) is 2.64. The lowest BCUT2D eigenvalue weighted by atomic mass is 10.1. The zero-order valence-electron chi connectivity index (χ0n) is 13.5. The van der Waals surface area contributed by atoms with Crippen LogP contribution in [-0.4, -0.2) is 27.5 Å². The van der Waals surface area contributed by atoms with Crippen molar-refractivity contribution in [3.8, 4) is 0 Å². The van der Waals surface area contributed by atoms with Gasteiger partial charge in [0, 0.05) is 18.1 Å². The highest BCUT2D eigenvalue weighted by Crippen LogP contribution is 2.26. The third-order valence-corrected chi connectivity index (χ3v) is 5.21. The van der Waals surface area contributed by atoms with Gasteiger partial charge in [-0.25, -0.2) is 4.98 Å². The highest BCUT2D eigenvalue weighted by Gasteiger charge is 2.25. The van der Waals surface area contributed by atoms with Gasteiger partial charge in [-0.15, -0.1) is 0 Å². The summed E-state index contributed by atoms with van der Waals surface area (Å²) in [5, 5.41) is 0.738. The van der Waals surface area contributed by atoms with Gasteiger partial charge in [0.2, 0.25) is 0 Å². The molecule has 118 valence electrons. The van der Waals surface area contributed by atoms with Crippen molar-refractivity contribution in [3.63, 3.8) is 0 Å². The van der Waals surface area contributed by atoms with E-state index in [4.69, 9.17) is 16.6 Å². The quantitative estimate of drug-likeness (QED) is 0.730. The summed E-state index contributed by atoms with van der Waals surface area (Å²) in [4.78, 5) is 7.19. The second-order valence-corrected chi connectivity index (χ2v) is 6.90. The van der Waals surface area contributed by atoms with Crippen LogP contribution in [0.1, 0.15) is 17.0 Å². The minimum atomic E-state index is 0.552. The van der Waals surface area contributed by atoms with Crippen LogP contribution in [0, 0.1) is 0 Å². The largest absolute Gasteiger partial charge is 0.330 e. The Morgan fingerprint density at radius 1 is 1.17 bits per heavy atom. The number of imidazole rings is 1. The van der Waals surface area contributed by atoms with Crippen LogP contribution in [-0.2, 0) is 26.4 Å². The number of likely N-dealkylation sites (N-methyl/N-ethyl adjacent to an activating group) is 1. The van der Waals surface area contributed by atoms with Gasteiger partial charge in [-0.2, -0.15) is 0 Å². The molecule has 2 aromatic carbocycles. The van der Waals surface area contributed by atoms with Crippen molar-refractivity contribution in [1.82, 2.24) is 14.5 Å². The average Bonchev–Trinajstić information content (AvgIpc) is 3.09. The van der Waals surface area contributed by atoms with E-state index in [-0.39, 0.29) is 0 Å². The van der Waals surface area contributed by atoms with E-state index < -0.39 is 0 Å². The Balaban J connectivity index is 1.56. The number of rotatable bonds is 3. The predicted octanol–water partition coefficient (Wildman–Crippen LogP) is 3.83. The van der Waals surface area contributed by atoms with Crippen molar-refractivity contribution in [2.75, 3.05) is 7.05 Å². The maximum absolute atomic E-state index is 6.08. The van der Waals surface area contributed by atoms with Gasteiger partial charge in [0.15, 0.2) is 0 Å². The van der Waals surface area contributed by atoms with Gasteiger partial charge in [0.25, 0.3) is 0 Å². The molecule has 1 aliphatic carbocycles. The first-order valence-electron chi connectivity index (χ1n) is 7.99. The van der Waals surface area contributed by atoms with E-state index in [1.165, 1.54) is 11.1 Å². The highest BCUT2D eigenvalue weighted by atomic mass is 35.5. The summed E-state index contributed by atoms with van der Waals surface area (Å²) in [5.74, 6) is 1.08. The van der Waals surface area contributed by atoms with Crippen molar-refractivity contribution in [2.24, 2.45) is 7.05 Å². The van der Waals surface area contributed by atoms with Crippen LogP contribution in [0.15, 0.2) is 42.5 Å². The summed E-state index contributed by atoms with van der Waals surface area (Å²) in [6.45, 7) is 0.849. The summed E-state index contributed by atoms with van der Waals surface area (Å²) in [6.07, 6.45) is 2.25. The first-order valence-corrected chi connectivity index (χ1v) is 8.37. The molecule has 0 saturated heterocycles. The molecule has 0 atom stereocenters. The summed E-state index contributed by atoms with van der Waals surface area (Å²) in [7, 11) is 4.28. The number of nitrogens with zero attached hydrogens (tertiary/aromatic N) is 3. The van der Waals surface area contributed by atoms with Gasteiger partial charge >= 0.3 is 0 Å². The van der Waals surface area contributed by atoms with E-state index in [9.17, 15) is 0 Å². The number of fused-ring (bicyclic) bond motifs is 2. The first-order chi connectivity index (χ1) is 11.1. The second-order valence-electron chi connectivity index (χ2n) is 6.47. The van der Waals surface area contributed by atoms with Crippen LogP contribution in [0.2, 0.25) is 5.02 Å². The van der Waals surface area contributed by atoms with Crippen LogP contribution < -0.4 is 0 Å². The van der Waals surface area contributed by atoms with Gasteiger partial charge in [0.05, 0.1) is 17.6 Å². The van der Waals surface area contributed by atoms with E-state index in [0.29, 0.717) is 6.04 Å². The normalized spacial score (nSPS) is 14.8. The Bertz CT molecular complexity index is 843. The fraction of sp³-hybridized carbons (Fsp3) is 0.316. The molecule has 0 bridgehead atoms. The van der Waals surface area contributed by atoms with Crippen molar-refractivity contribution in [3.05, 3.63) is 64.4 Å². The minimum Gasteiger partial charge on any atom is -0.330 e. The monoisotopic (exact) mass is 325 g/mol. The molecule has 3 nitrogen and oxygen atoms in total. The van der Waals surface area contributed by atoms with Crippen molar-refractivity contribution < 1.29 is 0 Å². The lowest BCUT2D eigenvalue weighted by Gasteiger charge is -2.23. The predicted molar refractivity (Wildman–Crippen MR) is 94.8 cm³/mol. The van der Waals surface area contributed by atoms with E-state index >= 15 is 0 Å². The Hall–Kier alpha value is -1.84. The lowest BCUT2D eigenvalue weighted by Crippen LogP contribution is -2.32. The number of hydrogen-bond donors (Lipinski definition) is 0. The zero-order valence-corrected chi connectivity index (χ0v) is 14.2. The molecule has 3 aromatic rings. The molecular formula is C19H20ClN3. The van der Waals surface area contributed by atoms with Crippen LogP contribution >= 0.6 is 11.6 Å². The first kappa shape index (κ1) is 14.7. The van der Waals surface area contributed by atoms with E-state index in [1.54, 1.807) is 0 Å². The molecule has 0 amide bonds. The van der Waals surface area contributed by atoms with Crippen LogP contribution in [0.25, 0.3) is 11.0 Å². The molecule has 4 rings (SSSR count). The summed E-state index contributed by atoms with van der Waals surface area (Å²) in [5.41, 5.74) is 5.08. The van der Waals surface area contributed by atoms with Crippen LogP contribution in [0.5, 0.6) is 0 Å². The Morgan fingerprint density at radius 3 is 2.57 bits per heavy atom. The maximum Gasteiger partial charge on any atom is 0.123 e. The highest BCUT2D eigenvalue weighted by molar-refractivity contribution is 6.31. The molecule has 0 fully saturated rings. The van der Waals surface area contributed by atoms with Crippen molar-refractivity contribution in [1.29, 1.82) is 0 Å². The minimum absolute atomic E-state index is 0.552. The average molecular weight is 326 g/mol. The zero-order chi connectivity index (χ0) is 16.0. The van der Waals surface area contributed by atoms with Crippen molar-refractivity contribution >= 4 is 22.6 Å².